The highest BCUT2D eigenvalue weighted by atomic mass is 16.5. The fourth-order valence-electron chi connectivity index (χ4n) is 4.75. The monoisotopic (exact) mass is 432 g/mol. The molecule has 170 valence electrons. The van der Waals surface area contributed by atoms with E-state index in [0.29, 0.717) is 43.7 Å². The summed E-state index contributed by atoms with van der Waals surface area (Å²) in [6.45, 7) is 3.42. The van der Waals surface area contributed by atoms with Crippen LogP contribution in [0.5, 0.6) is 5.75 Å². The first-order valence-corrected chi connectivity index (χ1v) is 11.0. The maximum absolute atomic E-state index is 13.0. The molecule has 2 fully saturated rings. The van der Waals surface area contributed by atoms with Gasteiger partial charge in [-0.1, -0.05) is 0 Å². The van der Waals surface area contributed by atoms with Gasteiger partial charge in [-0.15, -0.1) is 0 Å². The van der Waals surface area contributed by atoms with Crippen molar-refractivity contribution in [2.24, 2.45) is 17.8 Å². The molecule has 2 heterocycles. The van der Waals surface area contributed by atoms with Crippen LogP contribution in [0.15, 0.2) is 24.3 Å². The molecule has 0 saturated carbocycles. The van der Waals surface area contributed by atoms with Crippen molar-refractivity contribution < 1.29 is 29.3 Å². The van der Waals surface area contributed by atoms with Gasteiger partial charge in [0.1, 0.15) is 5.75 Å². The van der Waals surface area contributed by atoms with E-state index in [1.54, 1.807) is 31.4 Å². The Labute approximate surface area is 182 Å². The summed E-state index contributed by atoms with van der Waals surface area (Å²) in [5, 5.41) is 18.5. The van der Waals surface area contributed by atoms with E-state index in [2.05, 4.69) is 4.90 Å². The minimum atomic E-state index is -0.799. The molecule has 2 aliphatic heterocycles. The number of carboxylic acid groups (broad SMARTS) is 2. The van der Waals surface area contributed by atoms with Crippen molar-refractivity contribution in [2.45, 2.75) is 32.1 Å². The van der Waals surface area contributed by atoms with Crippen molar-refractivity contribution in [3.05, 3.63) is 29.8 Å². The van der Waals surface area contributed by atoms with E-state index in [1.807, 2.05) is 4.90 Å². The van der Waals surface area contributed by atoms with E-state index in [4.69, 9.17) is 9.84 Å². The second kappa shape index (κ2) is 10.6. The third kappa shape index (κ3) is 6.19. The number of rotatable bonds is 8. The number of carbonyl (C=O) groups is 3. The average molecular weight is 433 g/mol. The van der Waals surface area contributed by atoms with Gasteiger partial charge in [0, 0.05) is 25.1 Å². The van der Waals surface area contributed by atoms with Gasteiger partial charge in [0.15, 0.2) is 0 Å². The molecule has 0 radical (unpaired) electrons. The highest BCUT2D eigenvalue weighted by Gasteiger charge is 2.34. The third-order valence-electron chi connectivity index (χ3n) is 6.71. The molecule has 2 unspecified atom stereocenters. The first kappa shape index (κ1) is 23.1. The molecule has 1 aromatic rings. The minimum Gasteiger partial charge on any atom is -0.497 e. The molecule has 8 nitrogen and oxygen atoms in total. The Morgan fingerprint density at radius 2 is 1.68 bits per heavy atom. The van der Waals surface area contributed by atoms with Crippen molar-refractivity contribution in [1.82, 2.24) is 9.80 Å². The summed E-state index contributed by atoms with van der Waals surface area (Å²) in [6.07, 6.45) is 2.92. The molecule has 3 rings (SSSR count). The van der Waals surface area contributed by atoms with Gasteiger partial charge in [-0.2, -0.15) is 0 Å². The molecule has 2 atom stereocenters. The zero-order valence-electron chi connectivity index (χ0n) is 18.0. The van der Waals surface area contributed by atoms with Gasteiger partial charge in [-0.25, -0.2) is 0 Å². The fraction of sp³-hybridized carbons (Fsp3) is 0.609. The predicted octanol–water partition coefficient (Wildman–Crippen LogP) is 2.43. The molecule has 0 bridgehead atoms. The van der Waals surface area contributed by atoms with Gasteiger partial charge in [-0.05, 0) is 81.4 Å². The first-order valence-electron chi connectivity index (χ1n) is 11.0. The number of amides is 1. The van der Waals surface area contributed by atoms with E-state index in [9.17, 15) is 19.5 Å². The van der Waals surface area contributed by atoms with E-state index >= 15 is 0 Å². The van der Waals surface area contributed by atoms with Crippen molar-refractivity contribution in [3.63, 3.8) is 0 Å². The number of ether oxygens (including phenoxy) is 1. The van der Waals surface area contributed by atoms with Crippen LogP contribution in [0.4, 0.5) is 0 Å². The van der Waals surface area contributed by atoms with Gasteiger partial charge >= 0.3 is 11.9 Å². The second-order valence-electron chi connectivity index (χ2n) is 8.63. The molecule has 2 saturated heterocycles. The summed E-state index contributed by atoms with van der Waals surface area (Å²) in [7, 11) is 1.58. The number of piperidine rings is 2. The summed E-state index contributed by atoms with van der Waals surface area (Å²) in [5.41, 5.74) is 0.604. The van der Waals surface area contributed by atoms with E-state index in [0.717, 1.165) is 26.1 Å². The molecule has 8 heteroatoms. The number of methoxy groups -OCH3 is 1. The zero-order valence-corrected chi connectivity index (χ0v) is 18.0. The number of carbonyl (C=O) groups excluding carboxylic acids is 1. The van der Waals surface area contributed by atoms with Crippen LogP contribution in [-0.4, -0.2) is 77.7 Å². The molecule has 0 spiro atoms. The second-order valence-corrected chi connectivity index (χ2v) is 8.63. The summed E-state index contributed by atoms with van der Waals surface area (Å²) >= 11 is 0. The summed E-state index contributed by atoms with van der Waals surface area (Å²) in [6, 6.07) is 7.05. The maximum Gasteiger partial charge on any atom is 0.306 e. The fourth-order valence-corrected chi connectivity index (χ4v) is 4.75. The molecule has 1 amide bonds. The number of hydrogen-bond acceptors (Lipinski definition) is 5. The lowest BCUT2D eigenvalue weighted by atomic mass is 9.80. The number of hydrogen-bond donors (Lipinski definition) is 2. The number of likely N-dealkylation sites (tertiary alicyclic amines) is 2. The van der Waals surface area contributed by atoms with Crippen LogP contribution < -0.4 is 4.74 Å². The van der Waals surface area contributed by atoms with Gasteiger partial charge in [0.2, 0.25) is 0 Å². The van der Waals surface area contributed by atoms with Crippen LogP contribution in [0.3, 0.4) is 0 Å². The van der Waals surface area contributed by atoms with Crippen LogP contribution in [0.2, 0.25) is 0 Å². The van der Waals surface area contributed by atoms with E-state index in [-0.39, 0.29) is 30.1 Å². The standard InChI is InChI=1S/C23H32N2O6/c1-31-20-4-2-16(3-5-20)22(28)25-13-9-18(14-21(26)27)19(15-25)8-12-24-10-6-17(7-11-24)23(29)30/h2-5,17-19H,6-15H2,1H3,(H,26,27)(H,29,30). The largest absolute Gasteiger partial charge is 0.497 e. The lowest BCUT2D eigenvalue weighted by molar-refractivity contribution is -0.143. The number of aliphatic carboxylic acids is 2. The Morgan fingerprint density at radius 1 is 1.00 bits per heavy atom. The Bertz CT molecular complexity index is 773. The minimum absolute atomic E-state index is 0.0382. The van der Waals surface area contributed by atoms with Crippen LogP contribution in [0, 0.1) is 17.8 Å². The van der Waals surface area contributed by atoms with Gasteiger partial charge in [0.25, 0.3) is 5.91 Å². The highest BCUT2D eigenvalue weighted by molar-refractivity contribution is 5.94. The molecule has 1 aromatic carbocycles. The van der Waals surface area contributed by atoms with Crippen molar-refractivity contribution in [2.75, 3.05) is 39.8 Å². The highest BCUT2D eigenvalue weighted by Crippen LogP contribution is 2.31. The molecule has 2 N–H and O–H groups in total. The zero-order chi connectivity index (χ0) is 22.4. The van der Waals surface area contributed by atoms with Crippen LogP contribution in [0.1, 0.15) is 42.5 Å². The van der Waals surface area contributed by atoms with Crippen LogP contribution >= 0.6 is 0 Å². The normalized spacial score (nSPS) is 22.8. The van der Waals surface area contributed by atoms with Crippen molar-refractivity contribution in [1.29, 1.82) is 0 Å². The maximum atomic E-state index is 13.0. The van der Waals surface area contributed by atoms with E-state index in [1.165, 1.54) is 0 Å². The van der Waals surface area contributed by atoms with Gasteiger partial charge < -0.3 is 24.7 Å². The molecule has 2 aliphatic rings. The lowest BCUT2D eigenvalue weighted by Crippen LogP contribution is -2.46. The molecular weight excluding hydrogens is 400 g/mol. The Kier molecular flexibility index (Phi) is 7.90. The summed E-state index contributed by atoms with van der Waals surface area (Å²) < 4.78 is 5.15. The SMILES string of the molecule is COc1ccc(C(=O)N2CCC(CC(=O)O)C(CCN3CCC(C(=O)O)CC3)C2)cc1. The quantitative estimate of drug-likeness (QED) is 0.650. The third-order valence-corrected chi connectivity index (χ3v) is 6.71. The number of nitrogens with zero attached hydrogens (tertiary/aromatic N) is 2. The first-order chi connectivity index (χ1) is 14.9. The van der Waals surface area contributed by atoms with Gasteiger partial charge in [0.05, 0.1) is 13.0 Å². The Hall–Kier alpha value is -2.61. The Morgan fingerprint density at radius 3 is 2.26 bits per heavy atom. The number of carboxylic acids is 2. The predicted molar refractivity (Wildman–Crippen MR) is 114 cm³/mol. The average Bonchev–Trinajstić information content (AvgIpc) is 2.78. The summed E-state index contributed by atoms with van der Waals surface area (Å²) in [4.78, 5) is 39.6. The Balaban J connectivity index is 1.60. The molecular formula is C23H32N2O6. The van der Waals surface area contributed by atoms with Crippen molar-refractivity contribution in [3.8, 4) is 5.75 Å². The topological polar surface area (TPSA) is 107 Å². The number of benzene rings is 1. The van der Waals surface area contributed by atoms with E-state index < -0.39 is 11.9 Å². The molecule has 0 aromatic heterocycles. The molecule has 0 aliphatic carbocycles. The summed E-state index contributed by atoms with van der Waals surface area (Å²) in [5.74, 6) is -0.958. The van der Waals surface area contributed by atoms with Crippen molar-refractivity contribution >= 4 is 17.8 Å². The molecule has 31 heavy (non-hydrogen) atoms. The van der Waals surface area contributed by atoms with Crippen LogP contribution in [0.25, 0.3) is 0 Å². The lowest BCUT2D eigenvalue weighted by Gasteiger charge is -2.39. The smallest absolute Gasteiger partial charge is 0.306 e. The van der Waals surface area contributed by atoms with Gasteiger partial charge in [-0.3, -0.25) is 14.4 Å². The van der Waals surface area contributed by atoms with Crippen LogP contribution in [-0.2, 0) is 9.59 Å².